The summed E-state index contributed by atoms with van der Waals surface area (Å²) >= 11 is 0. The van der Waals surface area contributed by atoms with Gasteiger partial charge in [0.1, 0.15) is 6.10 Å². The molecule has 31 heavy (non-hydrogen) atoms. The van der Waals surface area contributed by atoms with Crippen molar-refractivity contribution in [3.05, 3.63) is 107 Å². The van der Waals surface area contributed by atoms with Gasteiger partial charge in [-0.15, -0.1) is 0 Å². The normalized spacial score (nSPS) is 17.0. The van der Waals surface area contributed by atoms with Gasteiger partial charge in [0, 0.05) is 18.7 Å². The number of ketones is 1. The second-order valence-electron chi connectivity index (χ2n) is 8.41. The molecule has 3 heteroatoms. The minimum atomic E-state index is -0.0357. The zero-order chi connectivity index (χ0) is 21.5. The van der Waals surface area contributed by atoms with Crippen molar-refractivity contribution in [3.63, 3.8) is 0 Å². The van der Waals surface area contributed by atoms with E-state index in [1.54, 1.807) is 6.92 Å². The molecular weight excluding hydrogens is 382 g/mol. The van der Waals surface area contributed by atoms with Crippen LogP contribution in [-0.2, 0) is 11.2 Å². The van der Waals surface area contributed by atoms with E-state index in [0.717, 1.165) is 44.5 Å². The van der Waals surface area contributed by atoms with Crippen LogP contribution in [0.4, 0.5) is 0 Å². The highest BCUT2D eigenvalue weighted by Gasteiger charge is 2.25. The van der Waals surface area contributed by atoms with Gasteiger partial charge in [0.15, 0.2) is 5.78 Å². The van der Waals surface area contributed by atoms with Crippen molar-refractivity contribution in [3.8, 4) is 0 Å². The first-order valence-electron chi connectivity index (χ1n) is 11.3. The summed E-state index contributed by atoms with van der Waals surface area (Å²) < 4.78 is 6.71. The summed E-state index contributed by atoms with van der Waals surface area (Å²) in [6.45, 7) is 4.70. The maximum Gasteiger partial charge on any atom is 0.159 e. The van der Waals surface area contributed by atoms with E-state index in [1.807, 2.05) is 12.1 Å². The van der Waals surface area contributed by atoms with Crippen LogP contribution in [0, 0.1) is 0 Å². The lowest BCUT2D eigenvalue weighted by Gasteiger charge is -2.35. The van der Waals surface area contributed by atoms with Gasteiger partial charge in [-0.3, -0.25) is 4.79 Å². The van der Waals surface area contributed by atoms with Gasteiger partial charge in [0.2, 0.25) is 0 Å². The maximum atomic E-state index is 11.5. The molecule has 1 saturated heterocycles. The van der Waals surface area contributed by atoms with Crippen molar-refractivity contribution in [1.82, 2.24) is 4.90 Å². The zero-order valence-corrected chi connectivity index (χ0v) is 18.2. The van der Waals surface area contributed by atoms with Crippen LogP contribution >= 0.6 is 0 Å². The second kappa shape index (κ2) is 10.5. The van der Waals surface area contributed by atoms with Gasteiger partial charge in [-0.05, 0) is 49.4 Å². The molecule has 0 amide bonds. The van der Waals surface area contributed by atoms with Gasteiger partial charge in [-0.25, -0.2) is 0 Å². The summed E-state index contributed by atoms with van der Waals surface area (Å²) in [5.41, 5.74) is 4.47. The van der Waals surface area contributed by atoms with Crippen molar-refractivity contribution in [2.45, 2.75) is 38.4 Å². The van der Waals surface area contributed by atoms with E-state index in [2.05, 4.69) is 77.7 Å². The first-order valence-corrected chi connectivity index (χ1v) is 11.3. The highest BCUT2D eigenvalue weighted by atomic mass is 16.5. The zero-order valence-electron chi connectivity index (χ0n) is 18.2. The molecule has 1 aliphatic rings. The minimum absolute atomic E-state index is 0.0357. The smallest absolute Gasteiger partial charge is 0.159 e. The van der Waals surface area contributed by atoms with Crippen LogP contribution < -0.4 is 0 Å². The fourth-order valence-electron chi connectivity index (χ4n) is 4.32. The van der Waals surface area contributed by atoms with Crippen molar-refractivity contribution >= 4 is 5.78 Å². The molecule has 3 nitrogen and oxygen atoms in total. The summed E-state index contributed by atoms with van der Waals surface area (Å²) in [6, 6.07) is 29.1. The number of hydrogen-bond donors (Lipinski definition) is 0. The summed E-state index contributed by atoms with van der Waals surface area (Å²) in [5, 5.41) is 0. The molecule has 1 heterocycles. The number of ether oxygens (including phenoxy) is 1. The largest absolute Gasteiger partial charge is 0.364 e. The lowest BCUT2D eigenvalue weighted by molar-refractivity contribution is -0.0330. The Hall–Kier alpha value is -2.75. The molecule has 1 aliphatic heterocycles. The molecule has 0 spiro atoms. The van der Waals surface area contributed by atoms with E-state index in [1.165, 1.54) is 16.7 Å². The minimum Gasteiger partial charge on any atom is -0.364 e. The fraction of sp³-hybridized carbons (Fsp3) is 0.321. The van der Waals surface area contributed by atoms with Gasteiger partial charge < -0.3 is 9.64 Å². The molecule has 0 bridgehead atoms. The summed E-state index contributed by atoms with van der Waals surface area (Å²) in [6.07, 6.45) is 3.43. The third kappa shape index (κ3) is 5.90. The van der Waals surface area contributed by atoms with Gasteiger partial charge >= 0.3 is 0 Å². The monoisotopic (exact) mass is 413 g/mol. The predicted octanol–water partition coefficient (Wildman–Crippen LogP) is 5.70. The topological polar surface area (TPSA) is 29.5 Å². The number of nitrogens with zero attached hydrogens (tertiary/aromatic N) is 1. The Morgan fingerprint density at radius 3 is 2.13 bits per heavy atom. The van der Waals surface area contributed by atoms with E-state index in [-0.39, 0.29) is 18.0 Å². The van der Waals surface area contributed by atoms with Crippen LogP contribution in [0.1, 0.15) is 52.9 Å². The van der Waals surface area contributed by atoms with Crippen LogP contribution in [0.25, 0.3) is 0 Å². The standard InChI is InChI=1S/C28H31NO2/c1-22(30)24-16-14-23(15-17-24)18-20-29-19-8-13-27(21-29)31-28(25-9-4-2-5-10-25)26-11-6-3-7-12-26/h2-7,9-12,14-17,27-28H,8,13,18-21H2,1H3. The Balaban J connectivity index is 1.38. The van der Waals surface area contributed by atoms with Crippen molar-refractivity contribution in [2.75, 3.05) is 19.6 Å². The van der Waals surface area contributed by atoms with Crippen molar-refractivity contribution in [1.29, 1.82) is 0 Å². The number of Topliss-reactive ketones (excluding diaryl/α,β-unsaturated/α-hetero) is 1. The number of likely N-dealkylation sites (tertiary alicyclic amines) is 1. The number of piperidine rings is 1. The lowest BCUT2D eigenvalue weighted by Crippen LogP contribution is -2.41. The molecule has 3 aromatic carbocycles. The summed E-state index contributed by atoms with van der Waals surface area (Å²) in [5.74, 6) is 0.119. The summed E-state index contributed by atoms with van der Waals surface area (Å²) in [7, 11) is 0. The molecule has 0 aliphatic carbocycles. The van der Waals surface area contributed by atoms with Gasteiger partial charge in [0.05, 0.1) is 6.10 Å². The van der Waals surface area contributed by atoms with E-state index in [4.69, 9.17) is 4.74 Å². The van der Waals surface area contributed by atoms with E-state index < -0.39 is 0 Å². The SMILES string of the molecule is CC(=O)c1ccc(CCN2CCCC(OC(c3ccccc3)c3ccccc3)C2)cc1. The second-order valence-corrected chi connectivity index (χ2v) is 8.41. The highest BCUT2D eigenvalue weighted by Crippen LogP contribution is 2.29. The Kier molecular flexibility index (Phi) is 7.29. The maximum absolute atomic E-state index is 11.5. The average Bonchev–Trinajstić information content (AvgIpc) is 2.83. The summed E-state index contributed by atoms with van der Waals surface area (Å²) in [4.78, 5) is 14.0. The molecule has 1 fully saturated rings. The van der Waals surface area contributed by atoms with Crippen molar-refractivity contribution < 1.29 is 9.53 Å². The highest BCUT2D eigenvalue weighted by molar-refractivity contribution is 5.94. The number of carbonyl (C=O) groups excluding carboxylic acids is 1. The molecular formula is C28H31NO2. The molecule has 0 aromatic heterocycles. The van der Waals surface area contributed by atoms with E-state index in [0.29, 0.717) is 0 Å². The van der Waals surface area contributed by atoms with Gasteiger partial charge in [0.25, 0.3) is 0 Å². The Labute approximate surface area is 185 Å². The van der Waals surface area contributed by atoms with Crippen molar-refractivity contribution in [2.24, 2.45) is 0 Å². The quantitative estimate of drug-likeness (QED) is 0.444. The predicted molar refractivity (Wildman–Crippen MR) is 125 cm³/mol. The van der Waals surface area contributed by atoms with E-state index >= 15 is 0 Å². The van der Waals surface area contributed by atoms with Gasteiger partial charge in [-0.1, -0.05) is 84.9 Å². The number of benzene rings is 3. The average molecular weight is 414 g/mol. The third-order valence-electron chi connectivity index (χ3n) is 6.07. The fourth-order valence-corrected chi connectivity index (χ4v) is 4.32. The molecule has 1 atom stereocenters. The van der Waals surface area contributed by atoms with Crippen LogP contribution in [0.5, 0.6) is 0 Å². The Morgan fingerprint density at radius 2 is 1.55 bits per heavy atom. The van der Waals surface area contributed by atoms with Crippen LogP contribution in [0.2, 0.25) is 0 Å². The molecule has 0 saturated carbocycles. The number of hydrogen-bond acceptors (Lipinski definition) is 3. The third-order valence-corrected chi connectivity index (χ3v) is 6.07. The lowest BCUT2D eigenvalue weighted by atomic mass is 10.00. The molecule has 4 rings (SSSR count). The molecule has 3 aromatic rings. The van der Waals surface area contributed by atoms with Crippen LogP contribution in [0.3, 0.4) is 0 Å². The molecule has 1 unspecified atom stereocenters. The van der Waals surface area contributed by atoms with Crippen LogP contribution in [-0.4, -0.2) is 36.4 Å². The first kappa shape index (κ1) is 21.5. The first-order chi connectivity index (χ1) is 15.2. The molecule has 0 radical (unpaired) electrons. The van der Waals surface area contributed by atoms with E-state index in [9.17, 15) is 4.79 Å². The Bertz CT molecular complexity index is 914. The Morgan fingerprint density at radius 1 is 0.935 bits per heavy atom. The number of carbonyl (C=O) groups is 1. The molecule has 160 valence electrons. The van der Waals surface area contributed by atoms with Crippen LogP contribution in [0.15, 0.2) is 84.9 Å². The molecule has 0 N–H and O–H groups in total. The van der Waals surface area contributed by atoms with Gasteiger partial charge in [-0.2, -0.15) is 0 Å². The number of rotatable bonds is 8.